The number of nitrogens with zero attached hydrogens (tertiary/aromatic N) is 8. The number of urea groups is 1. The number of thioether (sulfide) groups is 1. The molecule has 9 heterocycles. The third-order valence-electron chi connectivity index (χ3n) is 20.3. The molecule has 5 aliphatic heterocycles. The number of hydrogen-bond donors (Lipinski definition) is 6. The van der Waals surface area contributed by atoms with Gasteiger partial charge in [-0.3, -0.25) is 38.3 Å². The number of carboxylic acids is 1. The van der Waals surface area contributed by atoms with E-state index >= 15 is 0 Å². The zero-order valence-corrected chi connectivity index (χ0v) is 67.6. The number of anilines is 1. The summed E-state index contributed by atoms with van der Waals surface area (Å²) in [6, 6.07) is 28.0. The number of aromatic carboxylic acids is 1. The molecule has 0 saturated carbocycles. The molecule has 4 aromatic carbocycles. The number of thiocarbonyl (C=S) groups is 1. The average Bonchev–Trinajstić information content (AvgIpc) is 1.74. The zero-order chi connectivity index (χ0) is 78.9. The molecule has 2 saturated heterocycles. The van der Waals surface area contributed by atoms with E-state index in [-0.39, 0.29) is 89.7 Å². The fourth-order valence-corrected chi connectivity index (χ4v) is 18.8. The number of carbonyl (C=O) groups excluding carboxylic acids is 4. The van der Waals surface area contributed by atoms with Crippen molar-refractivity contribution in [2.24, 2.45) is 9.98 Å². The van der Waals surface area contributed by atoms with Crippen LogP contribution in [0.15, 0.2) is 122 Å². The Morgan fingerprint density at radius 1 is 0.619 bits per heavy atom. The van der Waals surface area contributed by atoms with Crippen LogP contribution in [0.3, 0.4) is 0 Å². The summed E-state index contributed by atoms with van der Waals surface area (Å²) in [4.78, 5) is 88.3. The second-order valence-electron chi connectivity index (χ2n) is 28.1. The summed E-state index contributed by atoms with van der Waals surface area (Å²) in [6.07, 6.45) is 8.15. The number of thiophene rings is 2. The first-order valence-electron chi connectivity index (χ1n) is 37.4. The number of phenols is 1. The SMILES string of the molecule is C.Cc1sc2c(c1C)C(c1ccc(Cl)cc1)=NC(CC(=O)CCCCOCCOCCOCCCCC(=O)CCCC[C@H]1SC[C@H]3NC(=O)N[C@H]31)c1nnc(C)n1-2.Cc1sc2c(c1C)C(c1ccc(Cl)cc1)=N[C@H](CC(=O)CNC(=S)Nc1ccc(-c3c4ccc(=O)cc-4oc4cc(O)ccc34)c(C(=O)O)c1)c1nnc(C)n1-2. The van der Waals surface area contributed by atoms with Crippen LogP contribution in [-0.2, 0) is 28.6 Å². The number of ketones is 3. The summed E-state index contributed by atoms with van der Waals surface area (Å²) < 4.78 is 27.0. The molecule has 0 radical (unpaired) electrons. The van der Waals surface area contributed by atoms with Crippen molar-refractivity contribution in [1.82, 2.24) is 45.5 Å². The first kappa shape index (κ1) is 83.1. The molecule has 8 aromatic rings. The van der Waals surface area contributed by atoms with Crippen molar-refractivity contribution in [3.05, 3.63) is 195 Å². The molecular formula is C83H90Cl2N12O12S4. The fourth-order valence-electron chi connectivity index (χ4n) is 14.4. The third kappa shape index (κ3) is 19.5. The number of aliphatic imine (C=N–C) groups is 2. The van der Waals surface area contributed by atoms with Crippen LogP contribution in [0.1, 0.15) is 173 Å². The van der Waals surface area contributed by atoms with E-state index in [0.717, 1.165) is 116 Å². The van der Waals surface area contributed by atoms with E-state index in [1.54, 1.807) is 46.9 Å². The number of unbranched alkanes of at least 4 members (excludes halogenated alkanes) is 3. The fraction of sp³-hybridized carbons (Fsp3) is 0.386. The molecule has 1 unspecified atom stereocenters. The number of benzene rings is 5. The van der Waals surface area contributed by atoms with Crippen LogP contribution in [0.2, 0.25) is 10.0 Å². The predicted molar refractivity (Wildman–Crippen MR) is 449 cm³/mol. The Bertz CT molecular complexity index is 5280. The molecule has 6 aliphatic rings. The van der Waals surface area contributed by atoms with Gasteiger partial charge in [-0.05, 0) is 170 Å². The number of phenolic OH excluding ortho intramolecular Hbond substituents is 1. The van der Waals surface area contributed by atoms with Gasteiger partial charge in [0.1, 0.15) is 62.4 Å². The summed E-state index contributed by atoms with van der Waals surface area (Å²) in [6.45, 7) is 15.2. The van der Waals surface area contributed by atoms with E-state index in [1.807, 2.05) is 78.7 Å². The highest BCUT2D eigenvalue weighted by Gasteiger charge is 2.43. The number of rotatable bonds is 32. The number of halogens is 2. The minimum atomic E-state index is -1.20. The van der Waals surface area contributed by atoms with Gasteiger partial charge in [0.15, 0.2) is 28.0 Å². The highest BCUT2D eigenvalue weighted by molar-refractivity contribution is 8.00. The van der Waals surface area contributed by atoms with Crippen LogP contribution < -0.4 is 26.7 Å². The molecule has 592 valence electrons. The Labute approximate surface area is 682 Å². The number of ether oxygens (including phenoxy) is 3. The number of hydrogen-bond acceptors (Lipinski definition) is 21. The van der Waals surface area contributed by atoms with Crippen molar-refractivity contribution < 1.29 is 52.8 Å². The summed E-state index contributed by atoms with van der Waals surface area (Å²) >= 11 is 23.2. The van der Waals surface area contributed by atoms with Crippen molar-refractivity contribution in [2.45, 2.75) is 155 Å². The topological polar surface area (TPSA) is 318 Å². The molecule has 5 atom stereocenters. The first-order valence-corrected chi connectivity index (χ1v) is 41.2. The molecule has 0 spiro atoms. The van der Waals surface area contributed by atoms with Gasteiger partial charge in [-0.1, -0.05) is 67.4 Å². The number of aromatic hydroxyl groups is 1. The number of carboxylic acid groups (broad SMARTS) is 1. The number of carbonyl (C=O) groups is 5. The van der Waals surface area contributed by atoms with Crippen LogP contribution in [0.5, 0.6) is 5.75 Å². The summed E-state index contributed by atoms with van der Waals surface area (Å²) in [5.41, 5.74) is 9.37. The molecule has 14 rings (SSSR count). The number of nitrogens with one attached hydrogen (secondary N) is 4. The van der Waals surface area contributed by atoms with Crippen LogP contribution in [-0.4, -0.2) is 155 Å². The van der Waals surface area contributed by atoms with Crippen LogP contribution in [0.25, 0.3) is 43.4 Å². The maximum atomic E-state index is 13.6. The standard InChI is InChI=1S/C41H31ClN6O6S2.C41H55ClN6O6S2.CH4/c1-19-20(2)56-39-35(19)37(22-4-6-23(42)7-5-22)45-32(38-47-46-21(3)48(38)39)15-27(51)18-43-41(55)44-24-8-11-28(31(14-24)40(52)53)36-29-12-9-25(49)16-33(29)54-34-17-26(50)10-13-30(34)36;1-26-27(2)56-40-36(26)37(29-14-16-30(42)17-15-29)43-33(39-47-46-28(3)48(39)40)24-32(50)12-7-9-19-53-21-23-54-22-20-52-18-8-6-11-31(49)10-4-5-13-35-38-34(25-55-35)44-41(51)45-38;/h4-14,16-17,32,49H,15,18H2,1-3H3,(H,52,53)(H2,43,44,55);14-17,33-35,38H,4-13,18-25H2,1-3H3,(H2,44,45,51);1H4/t32-;33?,34-,35-,38-;/m11./s1. The van der Waals surface area contributed by atoms with Gasteiger partial charge in [-0.2, -0.15) is 11.8 Å². The molecule has 30 heteroatoms. The lowest BCUT2D eigenvalue weighted by atomic mass is 9.90. The molecule has 1 aliphatic carbocycles. The Morgan fingerprint density at radius 3 is 1.73 bits per heavy atom. The molecule has 0 bridgehead atoms. The quantitative estimate of drug-likeness (QED) is 0.00987. The van der Waals surface area contributed by atoms with Gasteiger partial charge in [0.05, 0.1) is 62.0 Å². The van der Waals surface area contributed by atoms with E-state index in [1.165, 1.54) is 35.2 Å². The number of fused-ring (bicyclic) bond motifs is 9. The second-order valence-corrected chi connectivity index (χ2v) is 33.1. The Balaban J connectivity index is 0.000000208. The number of amides is 2. The predicted octanol–water partition coefficient (Wildman–Crippen LogP) is 16.1. The van der Waals surface area contributed by atoms with Gasteiger partial charge in [-0.25, -0.2) is 9.59 Å². The second kappa shape index (κ2) is 37.7. The molecular weight excluding hydrogens is 1560 g/mol. The van der Waals surface area contributed by atoms with E-state index in [9.17, 15) is 39.0 Å². The lowest BCUT2D eigenvalue weighted by Crippen LogP contribution is -2.36. The minimum absolute atomic E-state index is 0. The Kier molecular flexibility index (Phi) is 27.7. The van der Waals surface area contributed by atoms with E-state index in [4.69, 9.17) is 64.0 Å². The first-order chi connectivity index (χ1) is 54.0. The zero-order valence-electron chi connectivity index (χ0n) is 62.8. The van der Waals surface area contributed by atoms with Crippen molar-refractivity contribution in [3.8, 4) is 38.2 Å². The van der Waals surface area contributed by atoms with Gasteiger partial charge < -0.3 is 50.1 Å². The highest BCUT2D eigenvalue weighted by atomic mass is 35.5. The molecule has 2 amide bonds. The lowest BCUT2D eigenvalue weighted by molar-refractivity contribution is -0.120. The Hall–Kier alpha value is -9.36. The smallest absolute Gasteiger partial charge is 0.336 e. The Morgan fingerprint density at radius 2 is 1.16 bits per heavy atom. The van der Waals surface area contributed by atoms with Crippen molar-refractivity contribution in [1.29, 1.82) is 0 Å². The number of aromatic nitrogens is 6. The largest absolute Gasteiger partial charge is 0.508 e. The average molecular weight is 1650 g/mol. The van der Waals surface area contributed by atoms with Gasteiger partial charge >= 0.3 is 12.0 Å². The van der Waals surface area contributed by atoms with Crippen LogP contribution in [0, 0.1) is 41.5 Å². The van der Waals surface area contributed by atoms with Crippen molar-refractivity contribution in [3.63, 3.8) is 0 Å². The van der Waals surface area contributed by atoms with Crippen molar-refractivity contribution >= 4 is 132 Å². The van der Waals surface area contributed by atoms with Gasteiger partial charge in [-0.15, -0.1) is 43.1 Å². The number of aryl methyl sites for hydroxylation is 4. The molecule has 2 fully saturated rings. The maximum Gasteiger partial charge on any atom is 0.336 e. The van der Waals surface area contributed by atoms with Gasteiger partial charge in [0.25, 0.3) is 0 Å². The third-order valence-corrected chi connectivity index (χ3v) is 25.0. The molecule has 4 aromatic heterocycles. The van der Waals surface area contributed by atoms with Crippen LogP contribution in [0.4, 0.5) is 10.5 Å². The summed E-state index contributed by atoms with van der Waals surface area (Å²) in [5.74, 6) is 2.94. The molecule has 6 N–H and O–H groups in total. The minimum Gasteiger partial charge on any atom is -0.508 e. The van der Waals surface area contributed by atoms with E-state index < -0.39 is 18.1 Å². The molecule has 24 nitrogen and oxygen atoms in total. The monoisotopic (exact) mass is 1640 g/mol. The lowest BCUT2D eigenvalue weighted by Gasteiger charge is -2.18. The van der Waals surface area contributed by atoms with Gasteiger partial charge in [0, 0.05) is 133 Å². The summed E-state index contributed by atoms with van der Waals surface area (Å²) in [7, 11) is 0. The van der Waals surface area contributed by atoms with E-state index in [2.05, 4.69) is 73.9 Å². The van der Waals surface area contributed by atoms with Crippen molar-refractivity contribution in [2.75, 3.05) is 57.3 Å². The maximum absolute atomic E-state index is 13.6. The summed E-state index contributed by atoms with van der Waals surface area (Å²) in [5, 5.41) is 54.5. The van der Waals surface area contributed by atoms with Crippen LogP contribution >= 0.6 is 69.9 Å². The number of Topliss-reactive ketones (excluding diaryl/α,β-unsaturated/α-hetero) is 3. The van der Waals surface area contributed by atoms with E-state index in [0.29, 0.717) is 125 Å². The highest BCUT2D eigenvalue weighted by Crippen LogP contribution is 2.45. The normalized spacial score (nSPS) is 16.5. The molecule has 113 heavy (non-hydrogen) atoms. The van der Waals surface area contributed by atoms with Gasteiger partial charge in [0.2, 0.25) is 0 Å².